The van der Waals surface area contributed by atoms with E-state index in [2.05, 4.69) is 5.32 Å². The lowest BCUT2D eigenvalue weighted by Gasteiger charge is -2.38. The number of aromatic nitrogens is 3. The van der Waals surface area contributed by atoms with Gasteiger partial charge in [-0.3, -0.25) is 0 Å². The minimum Gasteiger partial charge on any atom is -0.497 e. The minimum atomic E-state index is -0.518. The molecule has 2 aliphatic heterocycles. The van der Waals surface area contributed by atoms with Crippen LogP contribution in [-0.2, 0) is 0 Å². The number of thioether (sulfide) groups is 1. The van der Waals surface area contributed by atoms with Crippen molar-refractivity contribution < 1.29 is 13.9 Å². The summed E-state index contributed by atoms with van der Waals surface area (Å²) < 4.78 is 28.1. The molecule has 6 nitrogen and oxygen atoms in total. The molecule has 2 atom stereocenters. The van der Waals surface area contributed by atoms with Gasteiger partial charge in [-0.1, -0.05) is 48.2 Å². The number of rotatable bonds is 4. The van der Waals surface area contributed by atoms with Crippen LogP contribution in [0.3, 0.4) is 0 Å². The first-order chi connectivity index (χ1) is 16.7. The SMILES string of the molecule is COc1ccc([C@@H]2C3=C(Nc4nc(SC)nn42)c2ccccc2O[C@H]3c2cccc(F)c2)cc1. The maximum atomic E-state index is 14.3. The van der Waals surface area contributed by atoms with Crippen molar-refractivity contribution in [3.05, 3.63) is 101 Å². The van der Waals surface area contributed by atoms with Gasteiger partial charge in [-0.15, -0.1) is 5.10 Å². The second kappa shape index (κ2) is 8.22. The molecule has 3 aromatic carbocycles. The molecule has 3 heterocycles. The minimum absolute atomic E-state index is 0.307. The standard InChI is InChI=1S/C26H21FN4O2S/c1-32-18-12-10-15(11-13-18)23-21-22(28-25-29-26(34-2)30-31(23)25)19-8-3-4-9-20(19)33-24(21)16-6-5-7-17(27)14-16/h3-14,23-24H,1-2H3,(H,28,29,30)/t23-,24+/m1/s1. The normalized spacial score (nSPS) is 18.3. The van der Waals surface area contributed by atoms with E-state index in [9.17, 15) is 4.39 Å². The number of fused-ring (bicyclic) bond motifs is 3. The molecule has 0 saturated carbocycles. The lowest BCUT2D eigenvalue weighted by molar-refractivity contribution is 0.222. The zero-order valence-electron chi connectivity index (χ0n) is 18.5. The molecule has 0 spiro atoms. The third kappa shape index (κ3) is 3.33. The fourth-order valence-electron chi connectivity index (χ4n) is 4.60. The van der Waals surface area contributed by atoms with Crippen molar-refractivity contribution >= 4 is 23.4 Å². The monoisotopic (exact) mass is 472 g/mol. The van der Waals surface area contributed by atoms with Crippen molar-refractivity contribution in [2.75, 3.05) is 18.7 Å². The number of nitrogens with zero attached hydrogens (tertiary/aromatic N) is 3. The number of methoxy groups -OCH3 is 1. The van der Waals surface area contributed by atoms with E-state index in [1.807, 2.05) is 65.5 Å². The van der Waals surface area contributed by atoms with E-state index >= 15 is 0 Å². The Morgan fingerprint density at radius 1 is 1.03 bits per heavy atom. The van der Waals surface area contributed by atoms with Crippen LogP contribution < -0.4 is 14.8 Å². The maximum absolute atomic E-state index is 14.3. The molecule has 0 unspecified atom stereocenters. The van der Waals surface area contributed by atoms with Crippen LogP contribution in [0.4, 0.5) is 10.3 Å². The van der Waals surface area contributed by atoms with E-state index in [4.69, 9.17) is 19.6 Å². The topological polar surface area (TPSA) is 61.2 Å². The first-order valence-electron chi connectivity index (χ1n) is 10.8. The second-order valence-electron chi connectivity index (χ2n) is 8.05. The van der Waals surface area contributed by atoms with Crippen molar-refractivity contribution in [2.24, 2.45) is 0 Å². The zero-order chi connectivity index (χ0) is 23.2. The predicted octanol–water partition coefficient (Wildman–Crippen LogP) is 5.71. The van der Waals surface area contributed by atoms with Gasteiger partial charge in [0.2, 0.25) is 11.1 Å². The number of benzene rings is 3. The number of anilines is 1. The molecule has 6 rings (SSSR count). The maximum Gasteiger partial charge on any atom is 0.227 e. The summed E-state index contributed by atoms with van der Waals surface area (Å²) in [6.45, 7) is 0. The lowest BCUT2D eigenvalue weighted by atomic mass is 9.84. The Bertz CT molecular complexity index is 1420. The van der Waals surface area contributed by atoms with Crippen molar-refractivity contribution in [2.45, 2.75) is 17.3 Å². The van der Waals surface area contributed by atoms with Crippen molar-refractivity contribution in [3.63, 3.8) is 0 Å². The van der Waals surface area contributed by atoms with E-state index in [1.54, 1.807) is 13.2 Å². The Hall–Kier alpha value is -3.78. The molecule has 1 aromatic heterocycles. The van der Waals surface area contributed by atoms with E-state index in [-0.39, 0.29) is 11.9 Å². The quantitative estimate of drug-likeness (QED) is 0.384. The van der Waals surface area contributed by atoms with Gasteiger partial charge in [0.05, 0.1) is 12.8 Å². The summed E-state index contributed by atoms with van der Waals surface area (Å²) in [4.78, 5) is 4.70. The smallest absolute Gasteiger partial charge is 0.227 e. The van der Waals surface area contributed by atoms with Gasteiger partial charge in [0.1, 0.15) is 29.5 Å². The lowest BCUT2D eigenvalue weighted by Crippen LogP contribution is -2.32. The molecular weight excluding hydrogens is 451 g/mol. The largest absolute Gasteiger partial charge is 0.497 e. The highest BCUT2D eigenvalue weighted by atomic mass is 32.2. The molecule has 4 aromatic rings. The number of ether oxygens (including phenoxy) is 2. The van der Waals surface area contributed by atoms with Crippen molar-refractivity contribution in [3.8, 4) is 11.5 Å². The van der Waals surface area contributed by atoms with Gasteiger partial charge in [0.25, 0.3) is 0 Å². The molecule has 0 saturated heterocycles. The predicted molar refractivity (Wildman–Crippen MR) is 130 cm³/mol. The molecule has 1 N–H and O–H groups in total. The van der Waals surface area contributed by atoms with Crippen LogP contribution in [0.25, 0.3) is 5.70 Å². The third-order valence-corrected chi connectivity index (χ3v) is 6.66. The Kier molecular flexibility index (Phi) is 5.03. The summed E-state index contributed by atoms with van der Waals surface area (Å²) in [5.41, 5.74) is 4.52. The average molecular weight is 473 g/mol. The summed E-state index contributed by atoms with van der Waals surface area (Å²) in [5.74, 6) is 1.84. The molecule has 0 aliphatic carbocycles. The van der Waals surface area contributed by atoms with E-state index in [0.29, 0.717) is 11.1 Å². The van der Waals surface area contributed by atoms with Gasteiger partial charge in [0, 0.05) is 11.1 Å². The summed E-state index contributed by atoms with van der Waals surface area (Å²) in [6.07, 6.45) is 1.43. The number of para-hydroxylation sites is 1. The second-order valence-corrected chi connectivity index (χ2v) is 8.82. The molecule has 8 heteroatoms. The van der Waals surface area contributed by atoms with E-state index in [1.165, 1.54) is 23.9 Å². The summed E-state index contributed by atoms with van der Waals surface area (Å²) in [7, 11) is 1.65. The first-order valence-corrected chi connectivity index (χ1v) is 12.1. The summed E-state index contributed by atoms with van der Waals surface area (Å²) >= 11 is 1.48. The Labute approximate surface area is 200 Å². The van der Waals surface area contributed by atoms with Gasteiger partial charge in [-0.05, 0) is 53.8 Å². The Morgan fingerprint density at radius 3 is 2.62 bits per heavy atom. The van der Waals surface area contributed by atoms with Crippen LogP contribution in [-0.4, -0.2) is 28.1 Å². The van der Waals surface area contributed by atoms with Crippen LogP contribution in [0, 0.1) is 5.82 Å². The average Bonchev–Trinajstić information content (AvgIpc) is 3.30. The fraction of sp³-hybridized carbons (Fsp3) is 0.154. The molecular formula is C26H21FN4O2S. The number of halogens is 1. The molecule has 170 valence electrons. The van der Waals surface area contributed by atoms with Crippen molar-refractivity contribution in [1.82, 2.24) is 14.8 Å². The highest BCUT2D eigenvalue weighted by Crippen LogP contribution is 2.51. The summed E-state index contributed by atoms with van der Waals surface area (Å²) in [6, 6.07) is 22.0. The third-order valence-electron chi connectivity index (χ3n) is 6.13. The molecule has 0 bridgehead atoms. The highest BCUT2D eigenvalue weighted by Gasteiger charge is 2.41. The molecule has 0 radical (unpaired) electrons. The number of nitrogens with one attached hydrogen (secondary N) is 1. The van der Waals surface area contributed by atoms with Crippen LogP contribution in [0.15, 0.2) is 83.5 Å². The molecule has 0 amide bonds. The van der Waals surface area contributed by atoms with Crippen molar-refractivity contribution in [1.29, 1.82) is 0 Å². The highest BCUT2D eigenvalue weighted by molar-refractivity contribution is 7.98. The van der Waals surface area contributed by atoms with Gasteiger partial charge < -0.3 is 14.8 Å². The molecule has 2 aliphatic rings. The molecule has 34 heavy (non-hydrogen) atoms. The van der Waals surface area contributed by atoms with Crippen LogP contribution >= 0.6 is 11.8 Å². The Balaban J connectivity index is 1.62. The number of hydrogen-bond acceptors (Lipinski definition) is 6. The van der Waals surface area contributed by atoms with Crippen LogP contribution in [0.2, 0.25) is 0 Å². The van der Waals surface area contributed by atoms with E-state index < -0.39 is 6.10 Å². The van der Waals surface area contributed by atoms with Gasteiger partial charge in [0.15, 0.2) is 0 Å². The zero-order valence-corrected chi connectivity index (χ0v) is 19.3. The van der Waals surface area contributed by atoms with E-state index in [0.717, 1.165) is 39.5 Å². The fourth-order valence-corrected chi connectivity index (χ4v) is 4.94. The van der Waals surface area contributed by atoms with Gasteiger partial charge >= 0.3 is 0 Å². The van der Waals surface area contributed by atoms with Crippen LogP contribution in [0.5, 0.6) is 11.5 Å². The Morgan fingerprint density at radius 2 is 1.85 bits per heavy atom. The molecule has 0 fully saturated rings. The van der Waals surface area contributed by atoms with Gasteiger partial charge in [-0.2, -0.15) is 4.98 Å². The summed E-state index contributed by atoms with van der Waals surface area (Å²) in [5, 5.41) is 8.94. The number of hydrogen-bond donors (Lipinski definition) is 1. The van der Waals surface area contributed by atoms with Crippen LogP contribution in [0.1, 0.15) is 28.8 Å². The van der Waals surface area contributed by atoms with Gasteiger partial charge in [-0.25, -0.2) is 9.07 Å². The first kappa shape index (κ1) is 20.8.